The Hall–Kier alpha value is -0.770. The second-order valence-electron chi connectivity index (χ2n) is 7.34. The maximum atomic E-state index is 12.2. The first-order valence-electron chi connectivity index (χ1n) is 6.61. The monoisotopic (exact) mass is 257 g/mol. The van der Waals surface area contributed by atoms with Crippen molar-refractivity contribution in [2.45, 2.75) is 65.5 Å². The fourth-order valence-corrected chi connectivity index (χ4v) is 2.70. The number of piperidine rings is 1. The fourth-order valence-electron chi connectivity index (χ4n) is 2.70. The van der Waals surface area contributed by atoms with Crippen molar-refractivity contribution in [3.05, 3.63) is 0 Å². The van der Waals surface area contributed by atoms with Crippen molar-refractivity contribution in [3.8, 4) is 0 Å². The van der Waals surface area contributed by atoms with E-state index in [1.165, 1.54) is 0 Å². The summed E-state index contributed by atoms with van der Waals surface area (Å²) in [7, 11) is 0. The van der Waals surface area contributed by atoms with Gasteiger partial charge in [0.05, 0.1) is 0 Å². The summed E-state index contributed by atoms with van der Waals surface area (Å²) in [5, 5.41) is 9.46. The molecule has 0 aliphatic carbocycles. The molecular formula is C14H27NO3. The molecule has 1 aliphatic heterocycles. The van der Waals surface area contributed by atoms with Crippen LogP contribution in [0, 0.1) is 5.41 Å². The Labute approximate surface area is 110 Å². The first kappa shape index (κ1) is 15.3. The minimum Gasteiger partial charge on any atom is -0.444 e. The van der Waals surface area contributed by atoms with Crippen molar-refractivity contribution < 1.29 is 14.6 Å². The molecule has 18 heavy (non-hydrogen) atoms. The van der Waals surface area contributed by atoms with Crippen molar-refractivity contribution in [1.29, 1.82) is 0 Å². The molecule has 0 aromatic rings. The first-order chi connectivity index (χ1) is 7.99. The van der Waals surface area contributed by atoms with Crippen LogP contribution in [0.5, 0.6) is 0 Å². The summed E-state index contributed by atoms with van der Waals surface area (Å²) in [5.74, 6) is 0. The van der Waals surface area contributed by atoms with E-state index in [9.17, 15) is 9.90 Å². The molecule has 0 aromatic carbocycles. The van der Waals surface area contributed by atoms with E-state index in [0.29, 0.717) is 6.54 Å². The summed E-state index contributed by atoms with van der Waals surface area (Å²) in [4.78, 5) is 14.0. The van der Waals surface area contributed by atoms with Gasteiger partial charge in [-0.25, -0.2) is 4.79 Å². The third-order valence-corrected chi connectivity index (χ3v) is 3.52. The predicted octanol–water partition coefficient (Wildman–Crippen LogP) is 2.79. The van der Waals surface area contributed by atoms with E-state index in [2.05, 4.69) is 6.92 Å². The molecule has 1 fully saturated rings. The smallest absolute Gasteiger partial charge is 0.410 e. The van der Waals surface area contributed by atoms with E-state index < -0.39 is 5.60 Å². The molecule has 0 aromatic heterocycles. The minimum absolute atomic E-state index is 0.0952. The SMILES string of the molecule is CC1(CO)CCN(C(=O)OC(C)(C)C)C(C)(C)C1. The highest BCUT2D eigenvalue weighted by Crippen LogP contribution is 2.40. The van der Waals surface area contributed by atoms with Gasteiger partial charge >= 0.3 is 6.09 Å². The average molecular weight is 257 g/mol. The van der Waals surface area contributed by atoms with Crippen molar-refractivity contribution >= 4 is 6.09 Å². The molecular weight excluding hydrogens is 230 g/mol. The van der Waals surface area contributed by atoms with Gasteiger partial charge in [-0.15, -0.1) is 0 Å². The second-order valence-corrected chi connectivity index (χ2v) is 7.34. The molecule has 1 heterocycles. The van der Waals surface area contributed by atoms with Gasteiger partial charge in [-0.05, 0) is 52.9 Å². The largest absolute Gasteiger partial charge is 0.444 e. The van der Waals surface area contributed by atoms with Gasteiger partial charge in [0, 0.05) is 18.7 Å². The predicted molar refractivity (Wildman–Crippen MR) is 71.4 cm³/mol. The molecule has 1 amide bonds. The number of carbonyl (C=O) groups is 1. The van der Waals surface area contributed by atoms with Gasteiger partial charge in [0.1, 0.15) is 5.60 Å². The number of nitrogens with zero attached hydrogens (tertiary/aromatic N) is 1. The molecule has 0 spiro atoms. The van der Waals surface area contributed by atoms with Gasteiger partial charge in [-0.3, -0.25) is 0 Å². The summed E-state index contributed by atoms with van der Waals surface area (Å²) < 4.78 is 5.44. The molecule has 1 aliphatic rings. The van der Waals surface area contributed by atoms with Crippen LogP contribution in [0.2, 0.25) is 0 Å². The Morgan fingerprint density at radius 1 is 1.33 bits per heavy atom. The van der Waals surface area contributed by atoms with Crippen molar-refractivity contribution in [2.75, 3.05) is 13.2 Å². The lowest BCUT2D eigenvalue weighted by molar-refractivity contribution is -0.0419. The molecule has 0 bridgehead atoms. The normalized spacial score (nSPS) is 28.1. The molecule has 0 saturated carbocycles. The molecule has 1 unspecified atom stereocenters. The lowest BCUT2D eigenvalue weighted by Crippen LogP contribution is -2.57. The van der Waals surface area contributed by atoms with E-state index in [1.54, 1.807) is 4.90 Å². The molecule has 1 rings (SSSR count). The zero-order valence-electron chi connectivity index (χ0n) is 12.5. The Kier molecular flexibility index (Phi) is 4.01. The van der Waals surface area contributed by atoms with E-state index >= 15 is 0 Å². The van der Waals surface area contributed by atoms with E-state index in [1.807, 2.05) is 34.6 Å². The minimum atomic E-state index is -0.467. The van der Waals surface area contributed by atoms with Gasteiger partial charge in [0.2, 0.25) is 0 Å². The van der Waals surface area contributed by atoms with Crippen LogP contribution in [0.15, 0.2) is 0 Å². The van der Waals surface area contributed by atoms with Crippen LogP contribution in [-0.2, 0) is 4.74 Å². The van der Waals surface area contributed by atoms with Crippen LogP contribution in [0.3, 0.4) is 0 Å². The highest BCUT2D eigenvalue weighted by molar-refractivity contribution is 5.69. The zero-order valence-corrected chi connectivity index (χ0v) is 12.5. The van der Waals surface area contributed by atoms with Crippen LogP contribution in [0.25, 0.3) is 0 Å². The van der Waals surface area contributed by atoms with E-state index in [4.69, 9.17) is 4.74 Å². The highest BCUT2D eigenvalue weighted by atomic mass is 16.6. The van der Waals surface area contributed by atoms with Gasteiger partial charge in [-0.2, -0.15) is 0 Å². The van der Waals surface area contributed by atoms with Gasteiger partial charge < -0.3 is 14.7 Å². The summed E-state index contributed by atoms with van der Waals surface area (Å²) in [6.45, 7) is 12.6. The number of aliphatic hydroxyl groups is 1. The Morgan fingerprint density at radius 2 is 1.89 bits per heavy atom. The number of rotatable bonds is 1. The number of carbonyl (C=O) groups excluding carboxylic acids is 1. The lowest BCUT2D eigenvalue weighted by atomic mass is 9.72. The van der Waals surface area contributed by atoms with Crippen LogP contribution >= 0.6 is 0 Å². The van der Waals surface area contributed by atoms with Gasteiger partial charge in [0.15, 0.2) is 0 Å². The summed E-state index contributed by atoms with van der Waals surface area (Å²) in [6.07, 6.45) is 1.34. The maximum Gasteiger partial charge on any atom is 0.410 e. The molecule has 106 valence electrons. The standard InChI is InChI=1S/C14H27NO3/c1-12(2,3)18-11(17)15-8-7-14(6,10-16)9-13(15,4)5/h16H,7-10H2,1-6H3. The molecule has 0 radical (unpaired) electrons. The van der Waals surface area contributed by atoms with Crippen molar-refractivity contribution in [1.82, 2.24) is 4.90 Å². The number of aliphatic hydroxyl groups excluding tert-OH is 1. The molecule has 4 nitrogen and oxygen atoms in total. The van der Waals surface area contributed by atoms with Crippen molar-refractivity contribution in [3.63, 3.8) is 0 Å². The molecule has 1 N–H and O–H groups in total. The fraction of sp³-hybridized carbons (Fsp3) is 0.929. The number of likely N-dealkylation sites (tertiary alicyclic amines) is 1. The third kappa shape index (κ3) is 3.61. The second kappa shape index (κ2) is 4.72. The Morgan fingerprint density at radius 3 is 2.28 bits per heavy atom. The average Bonchev–Trinajstić information content (AvgIpc) is 2.12. The van der Waals surface area contributed by atoms with E-state index in [0.717, 1.165) is 12.8 Å². The number of hydrogen-bond acceptors (Lipinski definition) is 3. The Bertz CT molecular complexity index is 319. The highest BCUT2D eigenvalue weighted by Gasteiger charge is 2.44. The third-order valence-electron chi connectivity index (χ3n) is 3.52. The first-order valence-corrected chi connectivity index (χ1v) is 6.61. The van der Waals surface area contributed by atoms with E-state index in [-0.39, 0.29) is 23.7 Å². The number of ether oxygens (including phenoxy) is 1. The molecule has 1 atom stereocenters. The van der Waals surface area contributed by atoms with Crippen LogP contribution in [0.4, 0.5) is 4.79 Å². The van der Waals surface area contributed by atoms with Crippen LogP contribution in [0.1, 0.15) is 54.4 Å². The van der Waals surface area contributed by atoms with Crippen molar-refractivity contribution in [2.24, 2.45) is 5.41 Å². The topological polar surface area (TPSA) is 49.8 Å². The quantitative estimate of drug-likeness (QED) is 0.786. The number of amides is 1. The van der Waals surface area contributed by atoms with Crippen LogP contribution < -0.4 is 0 Å². The van der Waals surface area contributed by atoms with Gasteiger partial charge in [0.25, 0.3) is 0 Å². The van der Waals surface area contributed by atoms with Crippen LogP contribution in [-0.4, -0.2) is 40.4 Å². The summed E-state index contributed by atoms with van der Waals surface area (Å²) >= 11 is 0. The lowest BCUT2D eigenvalue weighted by Gasteiger charge is -2.49. The molecule has 1 saturated heterocycles. The number of hydrogen-bond donors (Lipinski definition) is 1. The maximum absolute atomic E-state index is 12.2. The summed E-state index contributed by atoms with van der Waals surface area (Å²) in [5.41, 5.74) is -0.842. The molecule has 4 heteroatoms. The summed E-state index contributed by atoms with van der Waals surface area (Å²) in [6, 6.07) is 0. The Balaban J connectivity index is 2.78. The zero-order chi connectivity index (χ0) is 14.2. The van der Waals surface area contributed by atoms with Gasteiger partial charge in [-0.1, -0.05) is 6.92 Å².